The van der Waals surface area contributed by atoms with Crippen LogP contribution >= 0.6 is 0 Å². The van der Waals surface area contributed by atoms with Gasteiger partial charge in [-0.1, -0.05) is 0 Å². The molecule has 24 heavy (non-hydrogen) atoms. The summed E-state index contributed by atoms with van der Waals surface area (Å²) in [6.07, 6.45) is 3.17. The number of benzene rings is 1. The number of rotatable bonds is 5. The average molecular weight is 324 g/mol. The van der Waals surface area contributed by atoms with E-state index in [-0.39, 0.29) is 5.56 Å². The van der Waals surface area contributed by atoms with E-state index in [0.717, 1.165) is 24.6 Å². The molecule has 6 nitrogen and oxygen atoms in total. The molecule has 2 N–H and O–H groups in total. The lowest BCUT2D eigenvalue weighted by Gasteiger charge is -2.14. The highest BCUT2D eigenvalue weighted by Crippen LogP contribution is 2.47. The van der Waals surface area contributed by atoms with Crippen molar-refractivity contribution in [3.05, 3.63) is 41.1 Å². The summed E-state index contributed by atoms with van der Waals surface area (Å²) in [5.41, 5.74) is 2.15. The van der Waals surface area contributed by atoms with Crippen LogP contribution in [0.25, 0.3) is 11.3 Å². The number of pyridine rings is 1. The van der Waals surface area contributed by atoms with Crippen LogP contribution in [0.3, 0.4) is 0 Å². The van der Waals surface area contributed by atoms with Crippen molar-refractivity contribution in [2.24, 2.45) is 0 Å². The van der Waals surface area contributed by atoms with Gasteiger partial charge < -0.3 is 14.9 Å². The number of aromatic carboxylic acids is 1. The van der Waals surface area contributed by atoms with E-state index in [0.29, 0.717) is 35.1 Å². The van der Waals surface area contributed by atoms with E-state index in [4.69, 9.17) is 9.84 Å². The Bertz CT molecular complexity index is 851. The zero-order valence-corrected chi connectivity index (χ0v) is 13.1. The summed E-state index contributed by atoms with van der Waals surface area (Å²) in [6, 6.07) is 6.97. The Kier molecular flexibility index (Phi) is 4.09. The molecule has 1 fully saturated rings. The predicted molar refractivity (Wildman–Crippen MR) is 86.2 cm³/mol. The van der Waals surface area contributed by atoms with E-state index in [1.54, 1.807) is 12.1 Å². The lowest BCUT2D eigenvalue weighted by atomic mass is 9.97. The zero-order chi connectivity index (χ0) is 17.3. The van der Waals surface area contributed by atoms with Crippen molar-refractivity contribution in [1.82, 2.24) is 4.98 Å². The van der Waals surface area contributed by atoms with E-state index in [1.165, 1.54) is 6.07 Å². The Morgan fingerprint density at radius 3 is 2.75 bits per heavy atom. The number of carboxylic acids is 1. The standard InChI is InChI=1S/C18H16N2O4/c1-2-24-16-6-11(5-12(8-19)17(16)10-3-4-10)14-7-13(18(22)23)15(21)9-20-14/h5-7,9-10,21H,2-4H2,1H3,(H,22,23). The van der Waals surface area contributed by atoms with E-state index < -0.39 is 11.7 Å². The highest BCUT2D eigenvalue weighted by atomic mass is 16.5. The van der Waals surface area contributed by atoms with Crippen molar-refractivity contribution in [2.75, 3.05) is 6.61 Å². The van der Waals surface area contributed by atoms with Gasteiger partial charge in [0.15, 0.2) is 0 Å². The molecule has 2 aromatic rings. The maximum Gasteiger partial charge on any atom is 0.339 e. The molecule has 0 atom stereocenters. The monoisotopic (exact) mass is 324 g/mol. The first kappa shape index (κ1) is 15.8. The molecule has 0 unspecified atom stereocenters. The Balaban J connectivity index is 2.15. The average Bonchev–Trinajstić information content (AvgIpc) is 3.39. The van der Waals surface area contributed by atoms with Gasteiger partial charge in [-0.15, -0.1) is 0 Å². The smallest absolute Gasteiger partial charge is 0.339 e. The molecular formula is C18H16N2O4. The summed E-state index contributed by atoms with van der Waals surface area (Å²) in [5.74, 6) is -0.652. The highest BCUT2D eigenvalue weighted by Gasteiger charge is 2.30. The van der Waals surface area contributed by atoms with Crippen molar-refractivity contribution in [3.8, 4) is 28.8 Å². The highest BCUT2D eigenvalue weighted by molar-refractivity contribution is 5.92. The second-order valence-electron chi connectivity index (χ2n) is 5.65. The summed E-state index contributed by atoms with van der Waals surface area (Å²) in [7, 11) is 0. The third kappa shape index (κ3) is 2.88. The number of hydrogen-bond acceptors (Lipinski definition) is 5. The molecule has 1 heterocycles. The molecule has 1 aliphatic carbocycles. The van der Waals surface area contributed by atoms with Crippen LogP contribution in [0.15, 0.2) is 24.4 Å². The van der Waals surface area contributed by atoms with Crippen LogP contribution < -0.4 is 4.74 Å². The Morgan fingerprint density at radius 1 is 1.42 bits per heavy atom. The maximum absolute atomic E-state index is 11.2. The van der Waals surface area contributed by atoms with E-state index in [9.17, 15) is 15.2 Å². The molecule has 0 bridgehead atoms. The minimum absolute atomic E-state index is 0.234. The van der Waals surface area contributed by atoms with E-state index in [2.05, 4.69) is 11.1 Å². The van der Waals surface area contributed by atoms with Crippen molar-refractivity contribution >= 4 is 5.97 Å². The van der Waals surface area contributed by atoms with E-state index >= 15 is 0 Å². The lowest BCUT2D eigenvalue weighted by Crippen LogP contribution is -2.01. The normalized spacial score (nSPS) is 13.3. The molecule has 1 aromatic carbocycles. The van der Waals surface area contributed by atoms with E-state index in [1.807, 2.05) is 6.92 Å². The van der Waals surface area contributed by atoms with Gasteiger partial charge >= 0.3 is 5.97 Å². The lowest BCUT2D eigenvalue weighted by molar-refractivity contribution is 0.0693. The topological polar surface area (TPSA) is 103 Å². The molecule has 122 valence electrons. The number of aromatic hydroxyl groups is 1. The summed E-state index contributed by atoms with van der Waals surface area (Å²) >= 11 is 0. The van der Waals surface area contributed by atoms with Crippen molar-refractivity contribution < 1.29 is 19.7 Å². The van der Waals surface area contributed by atoms with Gasteiger partial charge in [0, 0.05) is 11.1 Å². The number of carbonyl (C=O) groups is 1. The number of nitrogens with zero attached hydrogens (tertiary/aromatic N) is 2. The van der Waals surface area contributed by atoms with Crippen molar-refractivity contribution in [2.45, 2.75) is 25.7 Å². The van der Waals surface area contributed by atoms with Crippen LogP contribution in [0.5, 0.6) is 11.5 Å². The SMILES string of the molecule is CCOc1cc(-c2cc(C(=O)O)c(O)cn2)cc(C#N)c1C1CC1. The number of aromatic nitrogens is 1. The van der Waals surface area contributed by atoms with Crippen LogP contribution in [-0.2, 0) is 0 Å². The number of ether oxygens (including phenoxy) is 1. The molecule has 1 saturated carbocycles. The first-order valence-corrected chi connectivity index (χ1v) is 7.68. The van der Waals surface area contributed by atoms with Gasteiger partial charge in [-0.3, -0.25) is 4.98 Å². The summed E-state index contributed by atoms with van der Waals surface area (Å²) in [5, 5.41) is 28.2. The van der Waals surface area contributed by atoms with Gasteiger partial charge in [-0.05, 0) is 43.9 Å². The summed E-state index contributed by atoms with van der Waals surface area (Å²) in [4.78, 5) is 15.3. The van der Waals surface area contributed by atoms with Crippen LogP contribution in [0.4, 0.5) is 0 Å². The van der Waals surface area contributed by atoms with Gasteiger partial charge in [-0.25, -0.2) is 4.79 Å². The molecule has 1 aromatic heterocycles. The third-order valence-electron chi connectivity index (χ3n) is 3.96. The minimum Gasteiger partial charge on any atom is -0.505 e. The van der Waals surface area contributed by atoms with Crippen molar-refractivity contribution in [3.63, 3.8) is 0 Å². The summed E-state index contributed by atoms with van der Waals surface area (Å²) in [6.45, 7) is 2.34. The predicted octanol–water partition coefficient (Wildman–Crippen LogP) is 3.30. The van der Waals surface area contributed by atoms with Crippen LogP contribution in [0, 0.1) is 11.3 Å². The van der Waals surface area contributed by atoms with Crippen LogP contribution in [0.1, 0.15) is 47.2 Å². The van der Waals surface area contributed by atoms with Gasteiger partial charge in [0.1, 0.15) is 17.1 Å². The fourth-order valence-corrected chi connectivity index (χ4v) is 2.71. The number of nitriles is 1. The minimum atomic E-state index is -1.24. The quantitative estimate of drug-likeness (QED) is 0.874. The van der Waals surface area contributed by atoms with Gasteiger partial charge in [0.25, 0.3) is 0 Å². The molecule has 0 aliphatic heterocycles. The Morgan fingerprint density at radius 2 is 2.17 bits per heavy atom. The van der Waals surface area contributed by atoms with Crippen molar-refractivity contribution in [1.29, 1.82) is 5.26 Å². The Hall–Kier alpha value is -3.07. The fourth-order valence-electron chi connectivity index (χ4n) is 2.71. The molecular weight excluding hydrogens is 308 g/mol. The first-order valence-electron chi connectivity index (χ1n) is 7.68. The van der Waals surface area contributed by atoms with Crippen LogP contribution in [-0.4, -0.2) is 27.8 Å². The maximum atomic E-state index is 11.2. The number of hydrogen-bond donors (Lipinski definition) is 2. The third-order valence-corrected chi connectivity index (χ3v) is 3.96. The second kappa shape index (κ2) is 6.20. The first-order chi connectivity index (χ1) is 11.5. The molecule has 0 radical (unpaired) electrons. The van der Waals surface area contributed by atoms with Gasteiger partial charge in [0.2, 0.25) is 0 Å². The second-order valence-corrected chi connectivity index (χ2v) is 5.65. The molecule has 3 rings (SSSR count). The molecule has 0 amide bonds. The fraction of sp³-hybridized carbons (Fsp3) is 0.278. The zero-order valence-electron chi connectivity index (χ0n) is 13.1. The largest absolute Gasteiger partial charge is 0.505 e. The molecule has 6 heteroatoms. The Labute approximate surface area is 139 Å². The van der Waals surface area contributed by atoms with Crippen LogP contribution in [0.2, 0.25) is 0 Å². The number of carboxylic acid groups (broad SMARTS) is 1. The van der Waals surface area contributed by atoms with Gasteiger partial charge in [-0.2, -0.15) is 5.26 Å². The molecule has 0 spiro atoms. The molecule has 1 aliphatic rings. The molecule has 0 saturated heterocycles. The van der Waals surface area contributed by atoms with Gasteiger partial charge in [0.05, 0.1) is 30.1 Å². The summed E-state index contributed by atoms with van der Waals surface area (Å²) < 4.78 is 5.70.